The van der Waals surface area contributed by atoms with Gasteiger partial charge in [0.15, 0.2) is 5.69 Å². The number of carbonyl (C=O) groups is 2. The van der Waals surface area contributed by atoms with E-state index < -0.39 is 5.91 Å². The summed E-state index contributed by atoms with van der Waals surface area (Å²) < 4.78 is 5.10. The van der Waals surface area contributed by atoms with Gasteiger partial charge >= 0.3 is 0 Å². The first-order chi connectivity index (χ1) is 10.7. The molecule has 3 rings (SSSR count). The first-order valence-corrected chi connectivity index (χ1v) is 7.33. The van der Waals surface area contributed by atoms with E-state index in [-0.39, 0.29) is 11.6 Å². The van der Waals surface area contributed by atoms with Crippen molar-refractivity contribution in [3.8, 4) is 0 Å². The number of carbonyl (C=O) groups excluding carboxylic acids is 2. The van der Waals surface area contributed by atoms with E-state index in [1.165, 1.54) is 0 Å². The highest BCUT2D eigenvalue weighted by atomic mass is 16.5. The van der Waals surface area contributed by atoms with Crippen molar-refractivity contribution in [1.29, 1.82) is 0 Å². The van der Waals surface area contributed by atoms with Crippen LogP contribution in [0.15, 0.2) is 34.9 Å². The molecule has 6 nitrogen and oxygen atoms in total. The van der Waals surface area contributed by atoms with E-state index >= 15 is 0 Å². The lowest BCUT2D eigenvalue weighted by Crippen LogP contribution is -2.41. The van der Waals surface area contributed by atoms with E-state index in [1.54, 1.807) is 18.2 Å². The van der Waals surface area contributed by atoms with Crippen LogP contribution in [0.4, 0.5) is 0 Å². The average Bonchev–Trinajstić information content (AvgIpc) is 3.29. The Morgan fingerprint density at radius 1 is 1.18 bits per heavy atom. The van der Waals surface area contributed by atoms with Crippen molar-refractivity contribution >= 4 is 11.8 Å². The van der Waals surface area contributed by atoms with Crippen molar-refractivity contribution in [2.45, 2.75) is 32.1 Å². The van der Waals surface area contributed by atoms with Crippen LogP contribution in [0.1, 0.15) is 57.9 Å². The molecule has 1 saturated carbocycles. The number of rotatable bonds is 4. The maximum absolute atomic E-state index is 11.9. The fraction of sp³-hybridized carbons (Fsp3) is 0.312. The zero-order valence-corrected chi connectivity index (χ0v) is 12.3. The van der Waals surface area contributed by atoms with Crippen molar-refractivity contribution in [1.82, 2.24) is 16.0 Å². The number of hydrazine groups is 1. The van der Waals surface area contributed by atoms with E-state index in [4.69, 9.17) is 4.52 Å². The molecule has 1 aliphatic rings. The standard InChI is InChI=1S/C16H17N3O3/c1-2-10-3-5-12(6-4-10)15(20)17-18-16(21)13-9-14(22-19-13)11-7-8-11/h3-6,9,11H,2,7-8H2,1H3,(H,17,20)(H,18,21). The van der Waals surface area contributed by atoms with Crippen LogP contribution in [-0.2, 0) is 6.42 Å². The van der Waals surface area contributed by atoms with Gasteiger partial charge in [0.05, 0.1) is 0 Å². The Morgan fingerprint density at radius 2 is 1.86 bits per heavy atom. The summed E-state index contributed by atoms with van der Waals surface area (Å²) in [5.74, 6) is 0.253. The van der Waals surface area contributed by atoms with Crippen LogP contribution >= 0.6 is 0 Å². The molecule has 0 saturated heterocycles. The number of hydrogen-bond acceptors (Lipinski definition) is 4. The predicted molar refractivity (Wildman–Crippen MR) is 79.2 cm³/mol. The molecule has 1 aromatic heterocycles. The molecule has 1 fully saturated rings. The van der Waals surface area contributed by atoms with E-state index in [1.807, 2.05) is 19.1 Å². The van der Waals surface area contributed by atoms with Crippen LogP contribution in [0.2, 0.25) is 0 Å². The SMILES string of the molecule is CCc1ccc(C(=O)NNC(=O)c2cc(C3CC3)on2)cc1. The van der Waals surface area contributed by atoms with Crippen LogP contribution in [0.5, 0.6) is 0 Å². The summed E-state index contributed by atoms with van der Waals surface area (Å²) in [7, 11) is 0. The highest BCUT2D eigenvalue weighted by Crippen LogP contribution is 2.40. The lowest BCUT2D eigenvalue weighted by molar-refractivity contribution is 0.0841. The quantitative estimate of drug-likeness (QED) is 0.848. The Balaban J connectivity index is 1.55. The van der Waals surface area contributed by atoms with Gasteiger partial charge in [0.2, 0.25) is 0 Å². The summed E-state index contributed by atoms with van der Waals surface area (Å²) in [6.45, 7) is 2.04. The summed E-state index contributed by atoms with van der Waals surface area (Å²) >= 11 is 0. The molecule has 2 amide bonds. The van der Waals surface area contributed by atoms with Crippen molar-refractivity contribution in [3.63, 3.8) is 0 Å². The molecule has 0 atom stereocenters. The largest absolute Gasteiger partial charge is 0.360 e. The number of nitrogens with one attached hydrogen (secondary N) is 2. The van der Waals surface area contributed by atoms with Gasteiger partial charge in [-0.2, -0.15) is 0 Å². The maximum Gasteiger partial charge on any atom is 0.291 e. The molecule has 0 bridgehead atoms. The first kappa shape index (κ1) is 14.3. The lowest BCUT2D eigenvalue weighted by atomic mass is 10.1. The van der Waals surface area contributed by atoms with Crippen molar-refractivity contribution < 1.29 is 14.1 Å². The van der Waals surface area contributed by atoms with Gasteiger partial charge in [0.1, 0.15) is 5.76 Å². The molecule has 1 aromatic carbocycles. The molecule has 114 valence electrons. The topological polar surface area (TPSA) is 84.2 Å². The van der Waals surface area contributed by atoms with Crippen molar-refractivity contribution in [3.05, 3.63) is 52.9 Å². The summed E-state index contributed by atoms with van der Waals surface area (Å²) in [6.07, 6.45) is 3.05. The summed E-state index contributed by atoms with van der Waals surface area (Å²) in [6, 6.07) is 8.84. The molecular formula is C16H17N3O3. The van der Waals surface area contributed by atoms with Crippen LogP contribution in [0.3, 0.4) is 0 Å². The molecule has 1 aliphatic carbocycles. The van der Waals surface area contributed by atoms with Gasteiger partial charge in [-0.15, -0.1) is 0 Å². The lowest BCUT2D eigenvalue weighted by Gasteiger charge is -2.06. The zero-order valence-electron chi connectivity index (χ0n) is 12.3. The molecular weight excluding hydrogens is 282 g/mol. The predicted octanol–water partition coefficient (Wildman–Crippen LogP) is 2.19. The normalized spacial score (nSPS) is 13.7. The van der Waals surface area contributed by atoms with Crippen molar-refractivity contribution in [2.75, 3.05) is 0 Å². The Kier molecular flexibility index (Phi) is 3.91. The molecule has 2 aromatic rings. The Bertz CT molecular complexity index is 687. The summed E-state index contributed by atoms with van der Waals surface area (Å²) in [5, 5.41) is 3.71. The Labute approximate surface area is 127 Å². The second kappa shape index (κ2) is 6.01. The number of amides is 2. The van der Waals surface area contributed by atoms with Crippen LogP contribution in [0, 0.1) is 0 Å². The third kappa shape index (κ3) is 3.16. The molecule has 0 spiro atoms. The van der Waals surface area contributed by atoms with Gasteiger partial charge in [-0.25, -0.2) is 0 Å². The zero-order chi connectivity index (χ0) is 15.5. The number of hydrogen-bond donors (Lipinski definition) is 2. The van der Waals surface area contributed by atoms with Crippen LogP contribution in [0.25, 0.3) is 0 Å². The fourth-order valence-corrected chi connectivity index (χ4v) is 2.10. The fourth-order valence-electron chi connectivity index (χ4n) is 2.10. The Morgan fingerprint density at radius 3 is 2.50 bits per heavy atom. The van der Waals surface area contributed by atoms with Crippen molar-refractivity contribution in [2.24, 2.45) is 0 Å². The molecule has 1 heterocycles. The maximum atomic E-state index is 11.9. The minimum Gasteiger partial charge on any atom is -0.360 e. The van der Waals surface area contributed by atoms with Gasteiger partial charge in [-0.1, -0.05) is 24.2 Å². The second-order valence-electron chi connectivity index (χ2n) is 5.35. The molecule has 22 heavy (non-hydrogen) atoms. The third-order valence-electron chi connectivity index (χ3n) is 3.65. The number of aryl methyl sites for hydroxylation is 1. The van der Waals surface area contributed by atoms with E-state index in [2.05, 4.69) is 16.0 Å². The third-order valence-corrected chi connectivity index (χ3v) is 3.65. The molecule has 0 unspecified atom stereocenters. The van der Waals surface area contributed by atoms with Gasteiger partial charge in [-0.05, 0) is 37.0 Å². The van der Waals surface area contributed by atoms with E-state index in [0.29, 0.717) is 11.5 Å². The second-order valence-corrected chi connectivity index (χ2v) is 5.35. The first-order valence-electron chi connectivity index (χ1n) is 7.33. The van der Waals surface area contributed by atoms with E-state index in [9.17, 15) is 9.59 Å². The number of benzene rings is 1. The Hall–Kier alpha value is -2.63. The van der Waals surface area contributed by atoms with E-state index in [0.717, 1.165) is 30.6 Å². The summed E-state index contributed by atoms with van der Waals surface area (Å²) in [5.41, 5.74) is 6.51. The smallest absolute Gasteiger partial charge is 0.291 e. The average molecular weight is 299 g/mol. The number of aromatic nitrogens is 1. The summed E-state index contributed by atoms with van der Waals surface area (Å²) in [4.78, 5) is 23.8. The highest BCUT2D eigenvalue weighted by Gasteiger charge is 2.28. The van der Waals surface area contributed by atoms with Gasteiger partial charge in [0, 0.05) is 17.5 Å². The minimum absolute atomic E-state index is 0.170. The number of nitrogens with zero attached hydrogens (tertiary/aromatic N) is 1. The molecule has 0 radical (unpaired) electrons. The monoisotopic (exact) mass is 299 g/mol. The molecule has 0 aliphatic heterocycles. The highest BCUT2D eigenvalue weighted by molar-refractivity contribution is 5.98. The molecule has 2 N–H and O–H groups in total. The van der Waals surface area contributed by atoms with Crippen LogP contribution < -0.4 is 10.9 Å². The van der Waals surface area contributed by atoms with Gasteiger partial charge < -0.3 is 4.52 Å². The van der Waals surface area contributed by atoms with Crippen LogP contribution in [-0.4, -0.2) is 17.0 Å². The molecule has 6 heteroatoms. The van der Waals surface area contributed by atoms with Gasteiger partial charge in [0.25, 0.3) is 11.8 Å². The minimum atomic E-state index is -0.492. The van der Waals surface area contributed by atoms with Gasteiger partial charge in [-0.3, -0.25) is 20.4 Å².